The quantitative estimate of drug-likeness (QED) is 0.655. The molecule has 2 N–H and O–H groups in total. The summed E-state index contributed by atoms with van der Waals surface area (Å²) >= 11 is 0. The van der Waals surface area contributed by atoms with Crippen LogP contribution in [-0.4, -0.2) is 31.0 Å². The first kappa shape index (κ1) is 11.8. The van der Waals surface area contributed by atoms with Crippen molar-refractivity contribution in [3.8, 4) is 0 Å². The van der Waals surface area contributed by atoms with Crippen molar-refractivity contribution in [3.05, 3.63) is 0 Å². The molecule has 0 heterocycles. The van der Waals surface area contributed by atoms with Crippen LogP contribution in [0.4, 0.5) is 13.2 Å². The molecule has 2 nitrogen and oxygen atoms in total. The molecule has 1 fully saturated rings. The lowest BCUT2D eigenvalue weighted by Crippen LogP contribution is -2.27. The van der Waals surface area contributed by atoms with E-state index in [2.05, 4.69) is 5.32 Å². The summed E-state index contributed by atoms with van der Waals surface area (Å²) in [6.45, 7) is 1.15. The first-order valence-corrected chi connectivity index (χ1v) is 4.86. The summed E-state index contributed by atoms with van der Waals surface area (Å²) in [7, 11) is 0. The van der Waals surface area contributed by atoms with Gasteiger partial charge in [0.1, 0.15) is 0 Å². The fourth-order valence-electron chi connectivity index (χ4n) is 1.33. The number of nitrogens with one attached hydrogen (secondary N) is 1. The van der Waals surface area contributed by atoms with Gasteiger partial charge >= 0.3 is 6.18 Å². The summed E-state index contributed by atoms with van der Waals surface area (Å²) in [5.74, 6) is 0. The van der Waals surface area contributed by atoms with E-state index in [1.165, 1.54) is 0 Å². The van der Waals surface area contributed by atoms with Crippen LogP contribution in [0.15, 0.2) is 0 Å². The van der Waals surface area contributed by atoms with Gasteiger partial charge in [-0.2, -0.15) is 13.2 Å². The Morgan fingerprint density at radius 3 is 2.36 bits per heavy atom. The van der Waals surface area contributed by atoms with E-state index < -0.39 is 12.6 Å². The van der Waals surface area contributed by atoms with Gasteiger partial charge in [0.15, 0.2) is 0 Å². The predicted octanol–water partition coefficient (Wildman–Crippen LogP) is 1.69. The fraction of sp³-hybridized carbons (Fsp3) is 1.00. The van der Waals surface area contributed by atoms with Crippen LogP contribution in [0.3, 0.4) is 0 Å². The van der Waals surface area contributed by atoms with Crippen LogP contribution in [0.1, 0.15) is 25.7 Å². The van der Waals surface area contributed by atoms with E-state index >= 15 is 0 Å². The lowest BCUT2D eigenvalue weighted by Gasteiger charge is -2.12. The van der Waals surface area contributed by atoms with Gasteiger partial charge in [-0.15, -0.1) is 0 Å². The van der Waals surface area contributed by atoms with Gasteiger partial charge in [-0.05, 0) is 25.8 Å². The van der Waals surface area contributed by atoms with Crippen LogP contribution in [0.25, 0.3) is 0 Å². The third-order valence-corrected chi connectivity index (χ3v) is 2.61. The highest BCUT2D eigenvalue weighted by atomic mass is 19.4. The summed E-state index contributed by atoms with van der Waals surface area (Å²) in [5, 5.41) is 11.9. The lowest BCUT2D eigenvalue weighted by molar-refractivity contribution is -0.135. The van der Waals surface area contributed by atoms with Crippen molar-refractivity contribution in [1.82, 2.24) is 5.32 Å². The van der Waals surface area contributed by atoms with Crippen molar-refractivity contribution in [2.75, 3.05) is 19.7 Å². The SMILES string of the molecule is OCC1(CNCCCC(F)(F)F)CC1. The molecular weight excluding hydrogens is 195 g/mol. The van der Waals surface area contributed by atoms with Gasteiger partial charge in [-0.25, -0.2) is 0 Å². The highest BCUT2D eigenvalue weighted by molar-refractivity contribution is 4.94. The Morgan fingerprint density at radius 2 is 1.93 bits per heavy atom. The molecule has 0 atom stereocenters. The molecule has 1 aliphatic carbocycles. The molecule has 0 unspecified atom stereocenters. The molecule has 14 heavy (non-hydrogen) atoms. The van der Waals surface area contributed by atoms with E-state index in [1.54, 1.807) is 0 Å². The van der Waals surface area contributed by atoms with Gasteiger partial charge in [0, 0.05) is 25.0 Å². The number of rotatable bonds is 6. The Bertz CT molecular complexity index is 177. The summed E-state index contributed by atoms with van der Waals surface area (Å²) in [6.07, 6.45) is -2.70. The van der Waals surface area contributed by atoms with Crippen LogP contribution >= 0.6 is 0 Å². The third-order valence-electron chi connectivity index (χ3n) is 2.61. The van der Waals surface area contributed by atoms with Crippen molar-refractivity contribution in [2.24, 2.45) is 5.41 Å². The van der Waals surface area contributed by atoms with E-state index in [-0.39, 0.29) is 18.4 Å². The standard InChI is InChI=1S/C9H16F3NO/c10-9(11,12)2-1-5-13-6-8(7-14)3-4-8/h13-14H,1-7H2. The molecular formula is C9H16F3NO. The maximum Gasteiger partial charge on any atom is 0.389 e. The summed E-state index contributed by atoms with van der Waals surface area (Å²) in [6, 6.07) is 0. The van der Waals surface area contributed by atoms with Gasteiger partial charge in [0.05, 0.1) is 0 Å². The zero-order valence-corrected chi connectivity index (χ0v) is 8.03. The van der Waals surface area contributed by atoms with Gasteiger partial charge < -0.3 is 10.4 Å². The molecule has 0 amide bonds. The molecule has 0 bridgehead atoms. The molecule has 0 aromatic heterocycles. The molecule has 0 aromatic carbocycles. The Kier molecular flexibility index (Phi) is 3.78. The Hall–Kier alpha value is -0.290. The van der Waals surface area contributed by atoms with Crippen molar-refractivity contribution < 1.29 is 18.3 Å². The van der Waals surface area contributed by atoms with Crippen LogP contribution < -0.4 is 5.32 Å². The van der Waals surface area contributed by atoms with E-state index in [9.17, 15) is 13.2 Å². The van der Waals surface area contributed by atoms with E-state index in [0.29, 0.717) is 13.1 Å². The minimum absolute atomic E-state index is 0.0156. The zero-order chi connectivity index (χ0) is 10.7. The van der Waals surface area contributed by atoms with Gasteiger partial charge in [0.25, 0.3) is 0 Å². The number of alkyl halides is 3. The Morgan fingerprint density at radius 1 is 1.29 bits per heavy atom. The number of aliphatic hydroxyl groups excluding tert-OH is 1. The van der Waals surface area contributed by atoms with Crippen molar-refractivity contribution in [2.45, 2.75) is 31.9 Å². The Balaban J connectivity index is 1.95. The first-order chi connectivity index (χ1) is 6.47. The van der Waals surface area contributed by atoms with Crippen molar-refractivity contribution >= 4 is 0 Å². The molecule has 0 aliphatic heterocycles. The molecule has 0 radical (unpaired) electrons. The van der Waals surface area contributed by atoms with Crippen LogP contribution in [-0.2, 0) is 0 Å². The van der Waals surface area contributed by atoms with Gasteiger partial charge in [0.2, 0.25) is 0 Å². The smallest absolute Gasteiger partial charge is 0.389 e. The Labute approximate surface area is 81.5 Å². The van der Waals surface area contributed by atoms with Crippen LogP contribution in [0.2, 0.25) is 0 Å². The summed E-state index contributed by atoms with van der Waals surface area (Å²) in [4.78, 5) is 0. The van der Waals surface area contributed by atoms with Gasteiger partial charge in [-0.3, -0.25) is 0 Å². The lowest BCUT2D eigenvalue weighted by atomic mass is 10.1. The number of hydrogen-bond acceptors (Lipinski definition) is 2. The average molecular weight is 211 g/mol. The predicted molar refractivity (Wildman–Crippen MR) is 46.9 cm³/mol. The summed E-state index contributed by atoms with van der Waals surface area (Å²) < 4.78 is 35.2. The first-order valence-electron chi connectivity index (χ1n) is 4.86. The van der Waals surface area contributed by atoms with E-state index in [4.69, 9.17) is 5.11 Å². The highest BCUT2D eigenvalue weighted by Gasteiger charge is 2.41. The molecule has 0 saturated heterocycles. The monoisotopic (exact) mass is 211 g/mol. The molecule has 84 valence electrons. The minimum atomic E-state index is -4.05. The second-order valence-corrected chi connectivity index (χ2v) is 4.05. The average Bonchev–Trinajstić information content (AvgIpc) is 2.83. The largest absolute Gasteiger partial charge is 0.396 e. The number of halogens is 3. The maximum atomic E-state index is 11.7. The van der Waals surface area contributed by atoms with Crippen LogP contribution in [0, 0.1) is 5.41 Å². The third kappa shape index (κ3) is 4.28. The zero-order valence-electron chi connectivity index (χ0n) is 8.03. The fourth-order valence-corrected chi connectivity index (χ4v) is 1.33. The second kappa shape index (κ2) is 4.49. The molecule has 5 heteroatoms. The maximum absolute atomic E-state index is 11.7. The van der Waals surface area contributed by atoms with Gasteiger partial charge in [-0.1, -0.05) is 0 Å². The normalized spacial score (nSPS) is 19.7. The minimum Gasteiger partial charge on any atom is -0.396 e. The van der Waals surface area contributed by atoms with E-state index in [1.807, 2.05) is 0 Å². The molecule has 1 aliphatic rings. The molecule has 0 aromatic rings. The number of hydrogen-bond donors (Lipinski definition) is 2. The van der Waals surface area contributed by atoms with E-state index in [0.717, 1.165) is 12.8 Å². The van der Waals surface area contributed by atoms with Crippen LogP contribution in [0.5, 0.6) is 0 Å². The second-order valence-electron chi connectivity index (χ2n) is 4.05. The van der Waals surface area contributed by atoms with Crippen molar-refractivity contribution in [1.29, 1.82) is 0 Å². The number of aliphatic hydroxyl groups is 1. The molecule has 1 saturated carbocycles. The van der Waals surface area contributed by atoms with Crippen molar-refractivity contribution in [3.63, 3.8) is 0 Å². The highest BCUT2D eigenvalue weighted by Crippen LogP contribution is 2.44. The molecule has 1 rings (SSSR count). The molecule has 0 spiro atoms. The topological polar surface area (TPSA) is 32.3 Å². The summed E-state index contributed by atoms with van der Waals surface area (Å²) in [5.41, 5.74) is -0.0156.